The number of ether oxygens (including phenoxy) is 1. The summed E-state index contributed by atoms with van der Waals surface area (Å²) in [4.78, 5) is 52.0. The van der Waals surface area contributed by atoms with Crippen molar-refractivity contribution < 1.29 is 23.1 Å². The third-order valence-electron chi connectivity index (χ3n) is 6.71. The molecule has 2 aliphatic rings. The zero-order valence-corrected chi connectivity index (χ0v) is 25.9. The van der Waals surface area contributed by atoms with Crippen LogP contribution in [0, 0.1) is 0 Å². The maximum Gasteiger partial charge on any atom is 0.324 e. The summed E-state index contributed by atoms with van der Waals surface area (Å²) < 4.78 is 33.9. The first kappa shape index (κ1) is 32.1. The average Bonchev–Trinajstić information content (AvgIpc) is 2.99. The van der Waals surface area contributed by atoms with Gasteiger partial charge in [-0.05, 0) is 72.6 Å². The van der Waals surface area contributed by atoms with E-state index in [0.29, 0.717) is 34.9 Å². The van der Waals surface area contributed by atoms with Crippen molar-refractivity contribution in [3.05, 3.63) is 74.9 Å². The predicted molar refractivity (Wildman–Crippen MR) is 168 cm³/mol. The first-order valence-electron chi connectivity index (χ1n) is 13.5. The van der Waals surface area contributed by atoms with Gasteiger partial charge < -0.3 is 14.6 Å². The lowest BCUT2D eigenvalue weighted by atomic mass is 10.0. The maximum absolute atomic E-state index is 14.2. The monoisotopic (exact) mass is 630 g/mol. The molecule has 0 fully saturated rings. The number of H-pyrrole nitrogens is 1. The highest BCUT2D eigenvalue weighted by Gasteiger charge is 2.26. The van der Waals surface area contributed by atoms with Crippen molar-refractivity contribution in [1.82, 2.24) is 20.1 Å². The minimum absolute atomic E-state index is 0.0384. The highest BCUT2D eigenvalue weighted by molar-refractivity contribution is 8.13. The van der Waals surface area contributed by atoms with Gasteiger partial charge in [0.15, 0.2) is 12.3 Å². The number of thioether (sulfide) groups is 1. The number of urea groups is 1. The van der Waals surface area contributed by atoms with Gasteiger partial charge in [-0.2, -0.15) is 0 Å². The van der Waals surface area contributed by atoms with E-state index < -0.39 is 18.4 Å². The second-order valence-corrected chi connectivity index (χ2v) is 11.9. The Morgan fingerprint density at radius 3 is 2.77 bits per heavy atom. The molecule has 228 valence electrons. The van der Waals surface area contributed by atoms with E-state index in [-0.39, 0.29) is 29.9 Å². The van der Waals surface area contributed by atoms with Crippen molar-refractivity contribution in [2.45, 2.75) is 43.7 Å². The Kier molecular flexibility index (Phi) is 10.9. The number of fused-ring (bicyclic) bond motifs is 1. The van der Waals surface area contributed by atoms with Gasteiger partial charge in [-0.1, -0.05) is 17.8 Å². The zero-order chi connectivity index (χ0) is 31.1. The van der Waals surface area contributed by atoms with E-state index >= 15 is 0 Å². The molecule has 43 heavy (non-hydrogen) atoms. The highest BCUT2D eigenvalue weighted by Crippen LogP contribution is 2.30. The topological polar surface area (TPSA) is 119 Å². The molecule has 0 bridgehead atoms. The normalized spacial score (nSPS) is 18.6. The minimum Gasteiger partial charge on any atom is -0.493 e. The minimum atomic E-state index is -1.87. The van der Waals surface area contributed by atoms with Gasteiger partial charge in [-0.25, -0.2) is 18.6 Å². The Morgan fingerprint density at radius 1 is 1.28 bits per heavy atom. The summed E-state index contributed by atoms with van der Waals surface area (Å²) in [5.74, 6) is 0.616. The zero-order valence-electron chi connectivity index (χ0n) is 24.0. The number of allylic oxidation sites excluding steroid dienone is 2. The Morgan fingerprint density at radius 2 is 2.07 bits per heavy atom. The number of hydrogen-bond donors (Lipinski definition) is 2. The van der Waals surface area contributed by atoms with Gasteiger partial charge >= 0.3 is 6.03 Å². The fourth-order valence-corrected chi connectivity index (χ4v) is 5.45. The van der Waals surface area contributed by atoms with Crippen LogP contribution in [0.1, 0.15) is 24.5 Å². The van der Waals surface area contributed by atoms with Crippen molar-refractivity contribution in [3.63, 3.8) is 0 Å². The van der Waals surface area contributed by atoms with Gasteiger partial charge in [0, 0.05) is 19.7 Å². The molecular formula is C29H33F2N6O4PS. The van der Waals surface area contributed by atoms with Crippen molar-refractivity contribution in [2.75, 3.05) is 27.2 Å². The molecule has 3 unspecified atom stereocenters. The second kappa shape index (κ2) is 14.6. The number of pyridine rings is 1. The number of alkyl halides is 2. The van der Waals surface area contributed by atoms with Gasteiger partial charge in [0.2, 0.25) is 12.4 Å². The van der Waals surface area contributed by atoms with Crippen LogP contribution in [0.2, 0.25) is 0 Å². The summed E-state index contributed by atoms with van der Waals surface area (Å²) in [6, 6.07) is 7.99. The number of hydrogen-bond acceptors (Lipinski definition) is 7. The first-order valence-corrected chi connectivity index (χ1v) is 14.8. The molecule has 0 spiro atoms. The summed E-state index contributed by atoms with van der Waals surface area (Å²) in [6.45, 7) is 2.23. The third-order valence-corrected chi connectivity index (χ3v) is 8.13. The van der Waals surface area contributed by atoms with Crippen molar-refractivity contribution in [3.8, 4) is 5.75 Å². The van der Waals surface area contributed by atoms with E-state index in [1.807, 2.05) is 13.0 Å². The molecule has 1 aliphatic heterocycles. The maximum atomic E-state index is 14.2. The standard InChI is InChI=1S/C29H33F2N6O4PS/c1-17(32-2)43-25-9-6-20(27(39)34-25)15-36(3)29(40)35-28(33-21-7-8-23-19(13-21)5-4-10-41-23)37(16-38)14-18-11-22(30)26(31)24(42)12-18/h6-9,11-13,16,22,26H,4-5,10,14-15,42H2,1-3H3,(H,34,39)(H,33,35,40). The predicted octanol–water partition coefficient (Wildman–Crippen LogP) is 4.50. The number of amides is 3. The van der Waals surface area contributed by atoms with E-state index in [9.17, 15) is 23.2 Å². The number of aromatic amines is 1. The van der Waals surface area contributed by atoms with Crippen LogP contribution in [-0.4, -0.2) is 77.8 Å². The number of carbonyl (C=O) groups excluding carboxylic acids is 2. The van der Waals surface area contributed by atoms with Crippen molar-refractivity contribution in [1.29, 1.82) is 0 Å². The van der Waals surface area contributed by atoms with Crippen LogP contribution in [0.4, 0.5) is 19.3 Å². The Hall–Kier alpha value is -3.83. The van der Waals surface area contributed by atoms with Crippen LogP contribution in [0.3, 0.4) is 0 Å². The molecule has 0 saturated heterocycles. The van der Waals surface area contributed by atoms with Gasteiger partial charge in [-0.3, -0.25) is 24.8 Å². The third kappa shape index (κ3) is 8.39. The molecule has 3 amide bonds. The second-order valence-electron chi connectivity index (χ2n) is 9.95. The van der Waals surface area contributed by atoms with Gasteiger partial charge in [0.05, 0.1) is 35.5 Å². The van der Waals surface area contributed by atoms with Gasteiger partial charge in [0.25, 0.3) is 5.56 Å². The van der Waals surface area contributed by atoms with Gasteiger partial charge in [-0.15, -0.1) is 9.24 Å². The number of rotatable bonds is 7. The van der Waals surface area contributed by atoms with E-state index in [4.69, 9.17) is 4.74 Å². The summed E-state index contributed by atoms with van der Waals surface area (Å²) >= 11 is 1.31. The summed E-state index contributed by atoms with van der Waals surface area (Å²) in [6.07, 6.45) is 0.951. The van der Waals surface area contributed by atoms with Crippen LogP contribution in [0.5, 0.6) is 5.75 Å². The van der Waals surface area contributed by atoms with Crippen LogP contribution in [-0.2, 0) is 17.8 Å². The fourth-order valence-electron chi connectivity index (χ4n) is 4.37. The van der Waals surface area contributed by atoms with E-state index in [1.165, 1.54) is 29.8 Å². The molecule has 4 rings (SSSR count). The summed E-state index contributed by atoms with van der Waals surface area (Å²) in [5, 5.41) is 4.15. The molecule has 14 heteroatoms. The number of aromatic nitrogens is 1. The van der Waals surface area contributed by atoms with E-state index in [0.717, 1.165) is 40.2 Å². The number of aliphatic imine (C=N–C) groups is 2. The lowest BCUT2D eigenvalue weighted by molar-refractivity contribution is -0.114. The van der Waals surface area contributed by atoms with Crippen LogP contribution in [0.25, 0.3) is 0 Å². The van der Waals surface area contributed by atoms with Crippen LogP contribution in [0.15, 0.2) is 73.2 Å². The Labute approximate surface area is 254 Å². The number of aryl methyl sites for hydroxylation is 1. The number of benzene rings is 1. The number of nitrogens with one attached hydrogen (secondary N) is 2. The number of carbonyl (C=O) groups is 2. The molecule has 0 saturated carbocycles. The van der Waals surface area contributed by atoms with Crippen LogP contribution < -0.4 is 15.6 Å². The number of nitrogens with zero attached hydrogens (tertiary/aromatic N) is 4. The smallest absolute Gasteiger partial charge is 0.324 e. The molecule has 2 heterocycles. The lowest BCUT2D eigenvalue weighted by Gasteiger charge is -2.26. The molecule has 3 atom stereocenters. The lowest BCUT2D eigenvalue weighted by Crippen LogP contribution is -2.48. The summed E-state index contributed by atoms with van der Waals surface area (Å²) in [7, 11) is 5.32. The SMILES string of the molecule is CN=C(C)Sc1ccc(CN(C)C(=O)NC(=Nc2ccc3c(c2)CCCO3)N(C=O)CC2=CC(F)C(F)C(P)=C2)c(=O)[nH]1. The first-order chi connectivity index (χ1) is 20.6. The molecule has 10 nitrogen and oxygen atoms in total. The largest absolute Gasteiger partial charge is 0.493 e. The Bertz CT molecular complexity index is 1560. The molecule has 1 aromatic heterocycles. The van der Waals surface area contributed by atoms with Crippen LogP contribution >= 0.6 is 21.0 Å². The number of guanidine groups is 1. The quantitative estimate of drug-likeness (QED) is 0.154. The molecular weight excluding hydrogens is 597 g/mol. The molecule has 1 aromatic carbocycles. The average molecular weight is 631 g/mol. The van der Waals surface area contributed by atoms with E-state index in [1.54, 1.807) is 31.3 Å². The Balaban J connectivity index is 1.58. The molecule has 2 aromatic rings. The van der Waals surface area contributed by atoms with E-state index in [2.05, 4.69) is 29.5 Å². The number of halogens is 2. The summed E-state index contributed by atoms with van der Waals surface area (Å²) in [5.41, 5.74) is 1.71. The highest BCUT2D eigenvalue weighted by atomic mass is 32.2. The molecule has 2 N–H and O–H groups in total. The molecule has 1 aliphatic carbocycles. The van der Waals surface area contributed by atoms with Gasteiger partial charge in [0.1, 0.15) is 5.75 Å². The van der Waals surface area contributed by atoms with Crippen molar-refractivity contribution >= 4 is 50.1 Å². The van der Waals surface area contributed by atoms with Crippen molar-refractivity contribution in [2.24, 2.45) is 9.98 Å². The fraction of sp³-hybridized carbons (Fsp3) is 0.345. The molecule has 0 radical (unpaired) electrons.